The zero-order valence-electron chi connectivity index (χ0n) is 22.6. The summed E-state index contributed by atoms with van der Waals surface area (Å²) < 4.78 is 45.5. The molecule has 1 aliphatic rings. The lowest BCUT2D eigenvalue weighted by molar-refractivity contribution is -0.749. The summed E-state index contributed by atoms with van der Waals surface area (Å²) in [6, 6.07) is 5.32. The van der Waals surface area contributed by atoms with Gasteiger partial charge in [-0.25, -0.2) is 18.3 Å². The van der Waals surface area contributed by atoms with Crippen molar-refractivity contribution in [2.24, 2.45) is 4.40 Å². The first-order chi connectivity index (χ1) is 20.4. The molecule has 43 heavy (non-hydrogen) atoms. The molecule has 0 radical (unpaired) electrons. The first kappa shape index (κ1) is 31.2. The van der Waals surface area contributed by atoms with Gasteiger partial charge in [-0.15, -0.1) is 0 Å². The van der Waals surface area contributed by atoms with Crippen LogP contribution in [0.3, 0.4) is 0 Å². The second-order valence-corrected chi connectivity index (χ2v) is 9.95. The van der Waals surface area contributed by atoms with Gasteiger partial charge in [-0.3, -0.25) is 19.6 Å². The van der Waals surface area contributed by atoms with Crippen molar-refractivity contribution in [2.75, 3.05) is 12.3 Å². The molecule has 3 N–H and O–H groups in total. The highest BCUT2D eigenvalue weighted by Crippen LogP contribution is 2.33. The summed E-state index contributed by atoms with van der Waals surface area (Å²) >= 11 is 0. The maximum atomic E-state index is 12.7. The Balaban J connectivity index is 1.63. The summed E-state index contributed by atoms with van der Waals surface area (Å²) in [5, 5.41) is 12.6. The second-order valence-electron chi connectivity index (χ2n) is 8.67. The third kappa shape index (κ3) is 7.55. The van der Waals surface area contributed by atoms with Crippen LogP contribution in [0, 0.1) is 0 Å². The Morgan fingerprint density at radius 3 is 2.42 bits per heavy atom. The highest BCUT2D eigenvalue weighted by molar-refractivity contribution is 7.85. The van der Waals surface area contributed by atoms with Crippen LogP contribution >= 0.6 is 0 Å². The number of imidazole rings is 1. The molecule has 0 spiro atoms. The number of carbonyl (C=O) groups excluding carboxylic acids is 3. The van der Waals surface area contributed by atoms with Crippen LogP contribution < -0.4 is 20.1 Å². The van der Waals surface area contributed by atoms with E-state index in [9.17, 15) is 27.9 Å². The minimum absolute atomic E-state index is 0.0828. The second kappa shape index (κ2) is 13.0. The lowest BCUT2D eigenvalue weighted by atomic mass is 10.1. The zero-order chi connectivity index (χ0) is 31.3. The number of rotatable bonds is 11. The largest absolute Gasteiger partial charge is 0.857 e. The summed E-state index contributed by atoms with van der Waals surface area (Å²) in [6.07, 6.45) is -3.09. The van der Waals surface area contributed by atoms with Gasteiger partial charge in [-0.1, -0.05) is 23.2 Å². The molecule has 20 heteroatoms. The Hall–Kier alpha value is -4.76. The summed E-state index contributed by atoms with van der Waals surface area (Å²) in [4.78, 5) is 64.9. The fourth-order valence-corrected chi connectivity index (χ4v) is 4.52. The lowest BCUT2D eigenvalue weighted by Crippen LogP contribution is -2.47. The fourth-order valence-electron chi connectivity index (χ4n) is 3.86. The van der Waals surface area contributed by atoms with Gasteiger partial charge in [-0.05, 0) is 6.07 Å². The van der Waals surface area contributed by atoms with Crippen LogP contribution in [0.4, 0.5) is 5.82 Å². The van der Waals surface area contributed by atoms with Crippen molar-refractivity contribution in [3.05, 3.63) is 42.5 Å². The topological polar surface area (TPSA) is 257 Å². The number of nitrogens with two attached hydrogens (primary N) is 1. The molecule has 3 heterocycles. The number of nitrogen functional groups attached to an aromatic ring is 1. The average Bonchev–Trinajstić information content (AvgIpc) is 3.51. The molecule has 0 saturated carbocycles. The normalized spacial score (nSPS) is 20.6. The quantitative estimate of drug-likeness (QED) is 0.0465. The van der Waals surface area contributed by atoms with Gasteiger partial charge >= 0.3 is 33.9 Å². The first-order valence-corrected chi connectivity index (χ1v) is 13.5. The van der Waals surface area contributed by atoms with Crippen LogP contribution in [0.2, 0.25) is 0 Å². The van der Waals surface area contributed by atoms with E-state index in [1.807, 2.05) is 0 Å². The van der Waals surface area contributed by atoms with E-state index in [1.54, 1.807) is 0 Å². The monoisotopic (exact) mass is 624 g/mol. The molecule has 0 amide bonds. The molecule has 1 aliphatic heterocycles. The standard InChI is InChI=1S/C23H24N6O13S/c1-11(30)37-15-7-5-4-6-14(15)22(33)28-43(34,35)36-8-16-18(41-39-12(2)31)19(42-40-13(3)32)23(38-16)29-10-27-17-20(24)25-9-26-21(17)29/h4-7,9-10,16,18-19,23H,8H2,1-3H3,(H3,24,25,26,28,33)/t16-,18-,19-,23-/m1/s1. The number of fused-ring (bicyclic) bond motifs is 1. The van der Waals surface area contributed by atoms with Gasteiger partial charge in [0.2, 0.25) is 11.7 Å². The molecule has 1 fully saturated rings. The van der Waals surface area contributed by atoms with E-state index in [4.69, 9.17) is 29.2 Å². The van der Waals surface area contributed by atoms with Crippen molar-refractivity contribution in [3.63, 3.8) is 0 Å². The molecule has 0 unspecified atom stereocenters. The highest BCUT2D eigenvalue weighted by Gasteiger charge is 2.53. The molecule has 0 bridgehead atoms. The summed E-state index contributed by atoms with van der Waals surface area (Å²) in [6.45, 7) is 2.30. The van der Waals surface area contributed by atoms with Crippen molar-refractivity contribution in [3.8, 4) is 5.75 Å². The lowest BCUT2D eigenvalue weighted by Gasteiger charge is -2.20. The zero-order valence-corrected chi connectivity index (χ0v) is 23.4. The van der Waals surface area contributed by atoms with E-state index >= 15 is 0 Å². The minimum Gasteiger partial charge on any atom is -0.857 e. The number of esters is 1. The number of carbonyl (C=O) groups is 3. The van der Waals surface area contributed by atoms with E-state index in [2.05, 4.69) is 29.1 Å². The van der Waals surface area contributed by atoms with Crippen LogP contribution in [-0.2, 0) is 53.2 Å². The molecule has 1 aromatic carbocycles. The van der Waals surface area contributed by atoms with Gasteiger partial charge in [0.25, 0.3) is 0 Å². The number of aromatic amines is 1. The molecule has 3 aromatic rings. The molecule has 0 aliphatic carbocycles. The van der Waals surface area contributed by atoms with Crippen molar-refractivity contribution in [1.29, 1.82) is 0 Å². The number of H-pyrrole nitrogens is 1. The van der Waals surface area contributed by atoms with E-state index < -0.39 is 65.3 Å². The number of hydrogen-bond donors (Lipinski definition) is 2. The number of nitrogens with zero attached hydrogens (tertiary/aromatic N) is 4. The number of para-hydroxylation sites is 1. The molecule has 19 nitrogen and oxygen atoms in total. The van der Waals surface area contributed by atoms with E-state index in [1.165, 1.54) is 35.2 Å². The molecule has 230 valence electrons. The number of aromatic nitrogens is 4. The number of hydrogen-bond acceptors (Lipinski definition) is 16. The van der Waals surface area contributed by atoms with E-state index in [0.29, 0.717) is 5.52 Å². The molecular formula is C23H24N6O13S. The molecular weight excluding hydrogens is 600 g/mol. The number of benzene rings is 1. The Labute approximate surface area is 242 Å². The number of ether oxygens (including phenoxy) is 2. The third-order valence-electron chi connectivity index (χ3n) is 5.51. The fraction of sp³-hybridized carbons (Fsp3) is 0.348. The Kier molecular flexibility index (Phi) is 9.46. The van der Waals surface area contributed by atoms with Gasteiger partial charge in [0.05, 0.1) is 6.61 Å². The van der Waals surface area contributed by atoms with E-state index in [0.717, 1.165) is 27.1 Å². The van der Waals surface area contributed by atoms with Gasteiger partial charge in [-0.2, -0.15) is 27.6 Å². The Bertz CT molecular complexity index is 1660. The van der Waals surface area contributed by atoms with Gasteiger partial charge in [0.1, 0.15) is 11.9 Å². The minimum atomic E-state index is -4.96. The highest BCUT2D eigenvalue weighted by atomic mass is 32.2. The van der Waals surface area contributed by atoms with E-state index in [-0.39, 0.29) is 22.8 Å². The summed E-state index contributed by atoms with van der Waals surface area (Å²) in [7, 11) is -4.96. The maximum absolute atomic E-state index is 12.7. The predicted molar refractivity (Wildman–Crippen MR) is 135 cm³/mol. The molecule has 1 saturated heterocycles. The van der Waals surface area contributed by atoms with Crippen molar-refractivity contribution >= 4 is 51.1 Å². The van der Waals surface area contributed by atoms with Crippen LogP contribution in [0.1, 0.15) is 32.6 Å². The Morgan fingerprint density at radius 2 is 1.74 bits per heavy atom. The predicted octanol–water partition coefficient (Wildman–Crippen LogP) is -1.55. The Morgan fingerprint density at radius 1 is 1.07 bits per heavy atom. The van der Waals surface area contributed by atoms with Crippen molar-refractivity contribution in [1.82, 2.24) is 15.0 Å². The molecule has 4 atom stereocenters. The average molecular weight is 625 g/mol. The summed E-state index contributed by atoms with van der Waals surface area (Å²) in [5.74, 6) is -3.94. The molecule has 4 rings (SSSR count). The van der Waals surface area contributed by atoms with Gasteiger partial charge in [0, 0.05) is 32.2 Å². The smallest absolute Gasteiger partial charge is 0.380 e. The SMILES string of the molecule is CC(=O)OO[C@@H]1[C@H](OOC(C)=O)[C@@H](COS(=O)(=O)N=C([O-])c2ccccc2OC(C)=O)O[C@H]1[n+]1c[nH]c2c(N)ncnc21. The van der Waals surface area contributed by atoms with Crippen LogP contribution in [0.15, 0.2) is 41.3 Å². The van der Waals surface area contributed by atoms with Crippen LogP contribution in [0.25, 0.3) is 11.2 Å². The number of nitrogens with one attached hydrogen (secondary N) is 1. The van der Waals surface area contributed by atoms with Gasteiger partial charge in [0.15, 0.2) is 30.7 Å². The van der Waals surface area contributed by atoms with Crippen LogP contribution in [-0.4, -0.2) is 72.1 Å². The van der Waals surface area contributed by atoms with Gasteiger partial charge < -0.3 is 20.3 Å². The first-order valence-electron chi connectivity index (χ1n) is 12.1. The number of anilines is 1. The third-order valence-corrected chi connectivity index (χ3v) is 6.33. The van der Waals surface area contributed by atoms with Crippen molar-refractivity contribution in [2.45, 2.75) is 45.3 Å². The van der Waals surface area contributed by atoms with Crippen LogP contribution in [0.5, 0.6) is 5.75 Å². The van der Waals surface area contributed by atoms with Crippen molar-refractivity contribution < 1.29 is 65.7 Å². The summed E-state index contributed by atoms with van der Waals surface area (Å²) in [5.41, 5.74) is 6.04. The molecule has 2 aromatic heterocycles. The maximum Gasteiger partial charge on any atom is 0.380 e.